The van der Waals surface area contributed by atoms with Gasteiger partial charge in [0.15, 0.2) is 11.3 Å². The number of nitrogens with two attached hydrogens (primary N) is 1. The van der Waals surface area contributed by atoms with Gasteiger partial charge in [-0.1, -0.05) is 6.07 Å². The molecular formula is C17H15N7O. The highest BCUT2D eigenvalue weighted by Gasteiger charge is 2.23. The number of aryl methyl sites for hydroxylation is 1. The number of nitrogens with zero attached hydrogens (tertiary/aromatic N) is 6. The highest BCUT2D eigenvalue weighted by molar-refractivity contribution is 6.00. The molecule has 0 unspecified atom stereocenters. The predicted molar refractivity (Wildman–Crippen MR) is 92.8 cm³/mol. The number of ether oxygens (including phenoxy) is 1. The van der Waals surface area contributed by atoms with E-state index in [1.54, 1.807) is 28.7 Å². The van der Waals surface area contributed by atoms with E-state index >= 15 is 0 Å². The van der Waals surface area contributed by atoms with Crippen molar-refractivity contribution in [1.82, 2.24) is 24.1 Å². The molecule has 1 aromatic carbocycles. The minimum absolute atomic E-state index is 0.320. The Morgan fingerprint density at radius 1 is 1.20 bits per heavy atom. The molecule has 8 heteroatoms. The average molecular weight is 333 g/mol. The number of nitriles is 1. The molecule has 0 amide bonds. The van der Waals surface area contributed by atoms with Crippen LogP contribution in [0, 0.1) is 25.2 Å². The van der Waals surface area contributed by atoms with Gasteiger partial charge in [0.2, 0.25) is 0 Å². The van der Waals surface area contributed by atoms with Crippen LogP contribution in [-0.2, 0) is 0 Å². The van der Waals surface area contributed by atoms with Crippen LogP contribution in [0.5, 0.6) is 5.75 Å². The van der Waals surface area contributed by atoms with Crippen molar-refractivity contribution in [3.63, 3.8) is 0 Å². The second-order valence-electron chi connectivity index (χ2n) is 5.77. The van der Waals surface area contributed by atoms with Gasteiger partial charge in [-0.25, -0.2) is 4.98 Å². The molecule has 0 spiro atoms. The summed E-state index contributed by atoms with van der Waals surface area (Å²) < 4.78 is 8.89. The fraction of sp³-hybridized carbons (Fsp3) is 0.176. The second kappa shape index (κ2) is 5.21. The first-order valence-electron chi connectivity index (χ1n) is 7.61. The summed E-state index contributed by atoms with van der Waals surface area (Å²) in [5, 5.41) is 18.2. The Balaban J connectivity index is 2.21. The molecule has 25 heavy (non-hydrogen) atoms. The van der Waals surface area contributed by atoms with Gasteiger partial charge in [-0.15, -0.1) is 10.2 Å². The van der Waals surface area contributed by atoms with Crippen LogP contribution in [0.2, 0.25) is 0 Å². The van der Waals surface area contributed by atoms with Crippen molar-refractivity contribution < 1.29 is 4.74 Å². The number of anilines is 1. The number of aromatic nitrogens is 5. The number of hydrogen-bond donors (Lipinski definition) is 1. The molecule has 0 aliphatic carbocycles. The number of benzene rings is 1. The Hall–Kier alpha value is -3.60. The Kier molecular flexibility index (Phi) is 3.12. The molecule has 8 nitrogen and oxygen atoms in total. The third-order valence-electron chi connectivity index (χ3n) is 4.42. The van der Waals surface area contributed by atoms with Gasteiger partial charge in [0, 0.05) is 5.56 Å². The van der Waals surface area contributed by atoms with E-state index in [9.17, 15) is 5.26 Å². The molecule has 2 N–H and O–H groups in total. The molecule has 0 bridgehead atoms. The molecule has 0 saturated carbocycles. The Morgan fingerprint density at radius 3 is 2.72 bits per heavy atom. The van der Waals surface area contributed by atoms with Gasteiger partial charge in [-0.2, -0.15) is 5.26 Å². The molecule has 3 heterocycles. The third-order valence-corrected chi connectivity index (χ3v) is 4.42. The monoisotopic (exact) mass is 333 g/mol. The predicted octanol–water partition coefficient (Wildman–Crippen LogP) is 2.15. The van der Waals surface area contributed by atoms with Gasteiger partial charge >= 0.3 is 0 Å². The van der Waals surface area contributed by atoms with E-state index in [0.29, 0.717) is 28.1 Å². The van der Waals surface area contributed by atoms with Crippen molar-refractivity contribution in [2.24, 2.45) is 0 Å². The van der Waals surface area contributed by atoms with E-state index in [4.69, 9.17) is 10.5 Å². The van der Waals surface area contributed by atoms with E-state index in [-0.39, 0.29) is 0 Å². The normalized spacial score (nSPS) is 11.1. The number of rotatable bonds is 2. The molecule has 0 fully saturated rings. The van der Waals surface area contributed by atoms with Gasteiger partial charge in [-0.05, 0) is 25.5 Å². The molecular weight excluding hydrogens is 318 g/mol. The van der Waals surface area contributed by atoms with Crippen LogP contribution in [0.15, 0.2) is 24.8 Å². The van der Waals surface area contributed by atoms with Crippen molar-refractivity contribution in [3.05, 3.63) is 41.5 Å². The van der Waals surface area contributed by atoms with Crippen molar-refractivity contribution in [1.29, 1.82) is 5.26 Å². The van der Waals surface area contributed by atoms with Crippen molar-refractivity contribution in [3.8, 4) is 17.5 Å². The summed E-state index contributed by atoms with van der Waals surface area (Å²) in [6, 6.07) is 6.04. The minimum atomic E-state index is 0.320. The molecule has 3 aromatic heterocycles. The summed E-state index contributed by atoms with van der Waals surface area (Å²) in [6.07, 6.45) is 3.15. The molecule has 4 rings (SSSR count). The van der Waals surface area contributed by atoms with Crippen molar-refractivity contribution in [2.45, 2.75) is 13.8 Å². The Morgan fingerprint density at radius 2 is 2.00 bits per heavy atom. The quantitative estimate of drug-likeness (QED) is 0.602. The maximum absolute atomic E-state index is 9.66. The first kappa shape index (κ1) is 15.0. The Bertz CT molecular complexity index is 1180. The van der Waals surface area contributed by atoms with Crippen LogP contribution < -0.4 is 10.5 Å². The van der Waals surface area contributed by atoms with Gasteiger partial charge in [0.25, 0.3) is 0 Å². The zero-order valence-electron chi connectivity index (χ0n) is 14.0. The topological polar surface area (TPSA) is 107 Å². The lowest BCUT2D eigenvalue weighted by molar-refractivity contribution is 0.411. The molecule has 0 atom stereocenters. The Labute approximate surface area is 143 Å². The standard InChI is InChI=1S/C17H15N7O/c1-9-4-5-12(25-3)10(2)14(9)24-15(19)11(6-18)13-16(24)20-7-23-8-21-22-17(13)23/h4-5,7-8H,19H2,1-3H3. The lowest BCUT2D eigenvalue weighted by atomic mass is 10.1. The third kappa shape index (κ3) is 1.89. The van der Waals surface area contributed by atoms with E-state index in [1.807, 2.05) is 26.0 Å². The van der Waals surface area contributed by atoms with Crippen molar-refractivity contribution in [2.75, 3.05) is 12.8 Å². The molecule has 0 aliphatic heterocycles. The molecule has 124 valence electrons. The SMILES string of the molecule is COc1ccc(C)c(-n2c(N)c(C#N)c3c2ncn2cnnc32)c1C. The summed E-state index contributed by atoms with van der Waals surface area (Å²) >= 11 is 0. The first-order valence-corrected chi connectivity index (χ1v) is 7.61. The summed E-state index contributed by atoms with van der Waals surface area (Å²) in [4.78, 5) is 4.50. The maximum atomic E-state index is 9.66. The summed E-state index contributed by atoms with van der Waals surface area (Å²) in [5.41, 5.74) is 10.6. The second-order valence-corrected chi connectivity index (χ2v) is 5.77. The van der Waals surface area contributed by atoms with Crippen LogP contribution in [0.4, 0.5) is 5.82 Å². The fourth-order valence-electron chi connectivity index (χ4n) is 3.26. The van der Waals surface area contributed by atoms with Crippen molar-refractivity contribution >= 4 is 22.5 Å². The van der Waals surface area contributed by atoms with Crippen LogP contribution in [0.1, 0.15) is 16.7 Å². The summed E-state index contributed by atoms with van der Waals surface area (Å²) in [7, 11) is 1.62. The lowest BCUT2D eigenvalue weighted by Crippen LogP contribution is -2.06. The van der Waals surface area contributed by atoms with Crippen LogP contribution >= 0.6 is 0 Å². The van der Waals surface area contributed by atoms with Gasteiger partial charge in [-0.3, -0.25) is 8.97 Å². The van der Waals surface area contributed by atoms with E-state index < -0.39 is 0 Å². The minimum Gasteiger partial charge on any atom is -0.496 e. The summed E-state index contributed by atoms with van der Waals surface area (Å²) in [5.74, 6) is 1.06. The van der Waals surface area contributed by atoms with Crippen LogP contribution in [0.3, 0.4) is 0 Å². The molecule has 4 aromatic rings. The largest absolute Gasteiger partial charge is 0.496 e. The number of fused-ring (bicyclic) bond motifs is 3. The first-order chi connectivity index (χ1) is 12.1. The van der Waals surface area contributed by atoms with Gasteiger partial charge in [0.05, 0.1) is 18.2 Å². The highest BCUT2D eigenvalue weighted by atomic mass is 16.5. The zero-order chi connectivity index (χ0) is 17.7. The lowest BCUT2D eigenvalue weighted by Gasteiger charge is -2.16. The summed E-state index contributed by atoms with van der Waals surface area (Å²) in [6.45, 7) is 3.93. The molecule has 0 aliphatic rings. The average Bonchev–Trinajstić information content (AvgIpc) is 3.18. The number of nitrogen functional groups attached to an aromatic ring is 1. The van der Waals surface area contributed by atoms with E-state index in [1.165, 1.54) is 0 Å². The zero-order valence-corrected chi connectivity index (χ0v) is 14.0. The number of methoxy groups -OCH3 is 1. The van der Waals surface area contributed by atoms with Gasteiger partial charge in [0.1, 0.15) is 35.9 Å². The van der Waals surface area contributed by atoms with E-state index in [0.717, 1.165) is 22.6 Å². The van der Waals surface area contributed by atoms with Crippen LogP contribution in [-0.4, -0.2) is 31.3 Å². The molecule has 0 saturated heterocycles. The smallest absolute Gasteiger partial charge is 0.174 e. The maximum Gasteiger partial charge on any atom is 0.174 e. The van der Waals surface area contributed by atoms with Gasteiger partial charge < -0.3 is 10.5 Å². The molecule has 0 radical (unpaired) electrons. The number of hydrogen-bond acceptors (Lipinski definition) is 6. The van der Waals surface area contributed by atoms with Crippen LogP contribution in [0.25, 0.3) is 22.4 Å². The fourth-order valence-corrected chi connectivity index (χ4v) is 3.26. The highest BCUT2D eigenvalue weighted by Crippen LogP contribution is 2.36. The van der Waals surface area contributed by atoms with E-state index in [2.05, 4.69) is 21.3 Å².